The van der Waals surface area contributed by atoms with Gasteiger partial charge in [-0.3, -0.25) is 4.79 Å². The van der Waals surface area contributed by atoms with Crippen molar-refractivity contribution in [3.8, 4) is 0 Å². The van der Waals surface area contributed by atoms with E-state index in [1.54, 1.807) is 0 Å². The summed E-state index contributed by atoms with van der Waals surface area (Å²) >= 11 is 1.09. The molecule has 0 saturated heterocycles. The molecule has 13 heavy (non-hydrogen) atoms. The van der Waals surface area contributed by atoms with E-state index in [0.717, 1.165) is 11.3 Å². The lowest BCUT2D eigenvalue weighted by atomic mass is 10.4. The summed E-state index contributed by atoms with van der Waals surface area (Å²) in [6, 6.07) is 0. The van der Waals surface area contributed by atoms with E-state index in [0.29, 0.717) is 0 Å². The van der Waals surface area contributed by atoms with Crippen molar-refractivity contribution >= 4 is 22.4 Å². The number of alkyl halides is 2. The molecule has 0 aliphatic carbocycles. The van der Waals surface area contributed by atoms with Crippen LogP contribution in [0.2, 0.25) is 0 Å². The van der Waals surface area contributed by atoms with Crippen LogP contribution in [0.5, 0.6) is 0 Å². The molecule has 4 nitrogen and oxygen atoms in total. The maximum absolute atomic E-state index is 11.7. The average molecular weight is 207 g/mol. The summed E-state index contributed by atoms with van der Waals surface area (Å²) < 4.78 is 23.3. The first-order valence-electron chi connectivity index (χ1n) is 3.37. The smallest absolute Gasteiger partial charge is 0.271 e. The van der Waals surface area contributed by atoms with E-state index in [2.05, 4.69) is 4.98 Å². The number of anilines is 1. The highest BCUT2D eigenvalue weighted by atomic mass is 32.1. The van der Waals surface area contributed by atoms with Gasteiger partial charge in [-0.25, -0.2) is 13.8 Å². The topological polar surface area (TPSA) is 68.0 Å². The highest BCUT2D eigenvalue weighted by molar-refractivity contribution is 7.13. The molecular weight excluding hydrogens is 200 g/mol. The number of nitrogens with zero attached hydrogens (tertiary/aromatic N) is 1. The molecule has 7 heteroatoms. The Hall–Kier alpha value is -1.24. The van der Waals surface area contributed by atoms with E-state index in [1.165, 1.54) is 5.38 Å². The van der Waals surface area contributed by atoms with E-state index < -0.39 is 18.9 Å². The second kappa shape index (κ2) is 4.13. The minimum Gasteiger partial charge on any atom is -0.375 e. The fraction of sp³-hybridized carbons (Fsp3) is 0.333. The number of nitrogen functional groups attached to an aromatic ring is 1. The highest BCUT2D eigenvalue weighted by Crippen LogP contribution is 2.10. The van der Waals surface area contributed by atoms with Crippen molar-refractivity contribution in [2.24, 2.45) is 0 Å². The Morgan fingerprint density at radius 3 is 2.92 bits per heavy atom. The standard InChI is InChI=1S/C6H7F2N3OS/c7-4(8)1-10-5(12)3-2-13-6(9)11-3/h2,4H,1H2,(H2,9,11)(H,10,12). The summed E-state index contributed by atoms with van der Waals surface area (Å²) in [7, 11) is 0. The van der Waals surface area contributed by atoms with Crippen LogP contribution in [-0.4, -0.2) is 23.9 Å². The van der Waals surface area contributed by atoms with Crippen LogP contribution < -0.4 is 11.1 Å². The van der Waals surface area contributed by atoms with Gasteiger partial charge in [-0.1, -0.05) is 0 Å². The highest BCUT2D eigenvalue weighted by Gasteiger charge is 2.11. The Morgan fingerprint density at radius 2 is 2.46 bits per heavy atom. The van der Waals surface area contributed by atoms with Crippen LogP contribution in [0.15, 0.2) is 5.38 Å². The van der Waals surface area contributed by atoms with E-state index in [4.69, 9.17) is 5.73 Å². The third-order valence-electron chi connectivity index (χ3n) is 1.17. The number of nitrogens with two attached hydrogens (primary N) is 1. The molecule has 1 aromatic rings. The number of hydrogen-bond donors (Lipinski definition) is 2. The predicted molar refractivity (Wildman–Crippen MR) is 44.9 cm³/mol. The summed E-state index contributed by atoms with van der Waals surface area (Å²) in [4.78, 5) is 14.6. The first-order chi connectivity index (χ1) is 6.09. The SMILES string of the molecule is Nc1nc(C(=O)NCC(F)F)cs1. The van der Waals surface area contributed by atoms with Gasteiger partial charge in [-0.15, -0.1) is 11.3 Å². The number of carbonyl (C=O) groups is 1. The molecule has 0 bridgehead atoms. The average Bonchev–Trinajstić information content (AvgIpc) is 2.47. The molecule has 0 aliphatic rings. The van der Waals surface area contributed by atoms with E-state index >= 15 is 0 Å². The van der Waals surface area contributed by atoms with Crippen LogP contribution in [0.3, 0.4) is 0 Å². The maximum atomic E-state index is 11.7. The minimum absolute atomic E-state index is 0.0724. The van der Waals surface area contributed by atoms with Crippen LogP contribution in [0, 0.1) is 0 Å². The van der Waals surface area contributed by atoms with Gasteiger partial charge in [0, 0.05) is 5.38 Å². The first kappa shape index (κ1) is 9.85. The largest absolute Gasteiger partial charge is 0.375 e. The van der Waals surface area contributed by atoms with E-state index in [9.17, 15) is 13.6 Å². The molecule has 0 atom stereocenters. The van der Waals surface area contributed by atoms with Crippen LogP contribution in [-0.2, 0) is 0 Å². The summed E-state index contributed by atoms with van der Waals surface area (Å²) in [5, 5.41) is 3.66. The molecular formula is C6H7F2N3OS. The molecule has 0 aromatic carbocycles. The Balaban J connectivity index is 2.49. The molecule has 0 aliphatic heterocycles. The minimum atomic E-state index is -2.56. The Labute approximate surface area is 76.8 Å². The van der Waals surface area contributed by atoms with Gasteiger partial charge in [-0.2, -0.15) is 0 Å². The van der Waals surface area contributed by atoms with Crippen LogP contribution in [0.25, 0.3) is 0 Å². The number of rotatable bonds is 3. The quantitative estimate of drug-likeness (QED) is 0.767. The van der Waals surface area contributed by atoms with Crippen molar-refractivity contribution in [3.63, 3.8) is 0 Å². The number of nitrogens with one attached hydrogen (secondary N) is 1. The monoisotopic (exact) mass is 207 g/mol. The number of aromatic nitrogens is 1. The van der Waals surface area contributed by atoms with Crippen molar-refractivity contribution in [1.29, 1.82) is 0 Å². The summed E-state index contributed by atoms with van der Waals surface area (Å²) in [6.45, 7) is -0.670. The van der Waals surface area contributed by atoms with E-state index in [1.807, 2.05) is 5.32 Å². The molecule has 1 rings (SSSR count). The predicted octanol–water partition coefficient (Wildman–Crippen LogP) is 0.720. The number of hydrogen-bond acceptors (Lipinski definition) is 4. The fourth-order valence-corrected chi connectivity index (χ4v) is 1.20. The van der Waals surface area contributed by atoms with Gasteiger partial charge in [0.15, 0.2) is 5.13 Å². The number of amides is 1. The Kier molecular flexibility index (Phi) is 3.13. The second-order valence-corrected chi connectivity index (χ2v) is 3.06. The molecule has 72 valence electrons. The van der Waals surface area contributed by atoms with Gasteiger partial charge in [0.05, 0.1) is 6.54 Å². The zero-order valence-corrected chi connectivity index (χ0v) is 7.28. The van der Waals surface area contributed by atoms with Gasteiger partial charge >= 0.3 is 0 Å². The molecule has 0 unspecified atom stereocenters. The molecule has 0 saturated carbocycles. The van der Waals surface area contributed by atoms with Crippen molar-refractivity contribution in [3.05, 3.63) is 11.1 Å². The first-order valence-corrected chi connectivity index (χ1v) is 4.25. The number of thiazole rings is 1. The molecule has 3 N–H and O–H groups in total. The van der Waals surface area contributed by atoms with Gasteiger partial charge in [-0.05, 0) is 0 Å². The summed E-state index contributed by atoms with van der Waals surface area (Å²) in [5.74, 6) is -0.631. The number of halogens is 2. The van der Waals surface area contributed by atoms with Crippen molar-refractivity contribution in [2.45, 2.75) is 6.43 Å². The van der Waals surface area contributed by atoms with Crippen LogP contribution >= 0.6 is 11.3 Å². The summed E-state index contributed by atoms with van der Waals surface area (Å²) in [5.41, 5.74) is 5.32. The zero-order chi connectivity index (χ0) is 9.84. The third-order valence-corrected chi connectivity index (χ3v) is 1.85. The maximum Gasteiger partial charge on any atom is 0.271 e. The lowest BCUT2D eigenvalue weighted by Crippen LogP contribution is -2.28. The Morgan fingerprint density at radius 1 is 1.77 bits per heavy atom. The normalized spacial score (nSPS) is 10.4. The second-order valence-electron chi connectivity index (χ2n) is 2.17. The van der Waals surface area contributed by atoms with Crippen molar-refractivity contribution in [1.82, 2.24) is 10.3 Å². The van der Waals surface area contributed by atoms with Crippen LogP contribution in [0.1, 0.15) is 10.5 Å². The van der Waals surface area contributed by atoms with Gasteiger partial charge in [0.25, 0.3) is 12.3 Å². The van der Waals surface area contributed by atoms with E-state index in [-0.39, 0.29) is 10.8 Å². The number of carbonyl (C=O) groups excluding carboxylic acids is 1. The Bertz CT molecular complexity index is 302. The van der Waals surface area contributed by atoms with Gasteiger partial charge in [0.1, 0.15) is 5.69 Å². The lowest BCUT2D eigenvalue weighted by Gasteiger charge is -2.00. The third kappa shape index (κ3) is 2.94. The molecule has 0 radical (unpaired) electrons. The zero-order valence-electron chi connectivity index (χ0n) is 6.46. The van der Waals surface area contributed by atoms with Crippen molar-refractivity contribution < 1.29 is 13.6 Å². The fourth-order valence-electron chi connectivity index (χ4n) is 0.652. The molecule has 1 aromatic heterocycles. The molecule has 1 amide bonds. The van der Waals surface area contributed by atoms with Crippen molar-refractivity contribution in [2.75, 3.05) is 12.3 Å². The molecule has 1 heterocycles. The van der Waals surface area contributed by atoms with Gasteiger partial charge < -0.3 is 11.1 Å². The molecule has 0 fully saturated rings. The summed E-state index contributed by atoms with van der Waals surface area (Å²) in [6.07, 6.45) is -2.56. The lowest BCUT2D eigenvalue weighted by molar-refractivity contribution is 0.0887. The molecule has 0 spiro atoms. The van der Waals surface area contributed by atoms with Gasteiger partial charge in [0.2, 0.25) is 0 Å². The van der Waals surface area contributed by atoms with Crippen LogP contribution in [0.4, 0.5) is 13.9 Å².